The Bertz CT molecular complexity index is 280. The van der Waals surface area contributed by atoms with E-state index in [4.69, 9.17) is 19.7 Å². The van der Waals surface area contributed by atoms with Crippen LogP contribution in [0, 0.1) is 0 Å². The van der Waals surface area contributed by atoms with E-state index in [-0.39, 0.29) is 25.6 Å². The molecule has 1 rings (SSSR count). The van der Waals surface area contributed by atoms with Gasteiger partial charge < -0.3 is 19.7 Å². The quantitative estimate of drug-likeness (QED) is 0.793. The first-order valence-corrected chi connectivity index (χ1v) is 4.32. The zero-order chi connectivity index (χ0) is 10.4. The van der Waals surface area contributed by atoms with Gasteiger partial charge in [-0.05, 0) is 12.1 Å². The molecule has 5 heteroatoms. The number of hydrogen-bond donors (Lipinski definition) is 2. The first-order valence-electron chi connectivity index (χ1n) is 4.32. The molecular formula is C10H15ClO4. The maximum absolute atomic E-state index is 9.07. The Kier molecular flexibility index (Phi) is 6.86. The van der Waals surface area contributed by atoms with Gasteiger partial charge in [-0.25, -0.2) is 0 Å². The SMILES string of the molecule is COc1ccccc1OCC(O)CO.Cl. The maximum atomic E-state index is 9.07. The van der Waals surface area contributed by atoms with Crippen molar-refractivity contribution in [2.45, 2.75) is 6.10 Å². The van der Waals surface area contributed by atoms with Gasteiger partial charge in [-0.1, -0.05) is 12.1 Å². The molecule has 1 unspecified atom stereocenters. The van der Waals surface area contributed by atoms with Crippen LogP contribution in [0.5, 0.6) is 11.5 Å². The third-order valence-electron chi connectivity index (χ3n) is 1.71. The van der Waals surface area contributed by atoms with Crippen molar-refractivity contribution in [3.63, 3.8) is 0 Å². The van der Waals surface area contributed by atoms with Crippen LogP contribution in [0.1, 0.15) is 0 Å². The van der Waals surface area contributed by atoms with Crippen molar-refractivity contribution in [3.8, 4) is 11.5 Å². The molecule has 0 aliphatic heterocycles. The van der Waals surface area contributed by atoms with Crippen molar-refractivity contribution >= 4 is 12.4 Å². The van der Waals surface area contributed by atoms with Gasteiger partial charge in [-0.2, -0.15) is 0 Å². The van der Waals surface area contributed by atoms with E-state index in [1.165, 1.54) is 0 Å². The van der Waals surface area contributed by atoms with Gasteiger partial charge in [-0.3, -0.25) is 0 Å². The largest absolute Gasteiger partial charge is 0.493 e. The molecule has 1 aromatic rings. The van der Waals surface area contributed by atoms with Crippen molar-refractivity contribution in [3.05, 3.63) is 24.3 Å². The minimum Gasteiger partial charge on any atom is -0.493 e. The van der Waals surface area contributed by atoms with Crippen molar-refractivity contribution in [2.75, 3.05) is 20.3 Å². The normalized spacial score (nSPS) is 11.4. The molecule has 86 valence electrons. The van der Waals surface area contributed by atoms with Gasteiger partial charge in [0.2, 0.25) is 0 Å². The highest BCUT2D eigenvalue weighted by Gasteiger charge is 2.06. The number of para-hydroxylation sites is 2. The number of benzene rings is 1. The summed E-state index contributed by atoms with van der Waals surface area (Å²) in [6, 6.07) is 7.14. The number of ether oxygens (including phenoxy) is 2. The summed E-state index contributed by atoms with van der Waals surface area (Å²) in [5, 5.41) is 17.6. The van der Waals surface area contributed by atoms with Crippen molar-refractivity contribution in [1.82, 2.24) is 0 Å². The number of hydrogen-bond acceptors (Lipinski definition) is 4. The standard InChI is InChI=1S/C10H14O4.ClH/c1-13-9-4-2-3-5-10(9)14-7-8(12)6-11;/h2-5,8,11-12H,6-7H2,1H3;1H. The molecule has 0 saturated heterocycles. The minimum absolute atomic E-state index is 0. The highest BCUT2D eigenvalue weighted by Crippen LogP contribution is 2.25. The highest BCUT2D eigenvalue weighted by atomic mass is 35.5. The number of methoxy groups -OCH3 is 1. The van der Waals surface area contributed by atoms with E-state index in [0.29, 0.717) is 11.5 Å². The first kappa shape index (κ1) is 14.0. The van der Waals surface area contributed by atoms with Crippen LogP contribution in [-0.4, -0.2) is 36.6 Å². The second-order valence-electron chi connectivity index (χ2n) is 2.80. The maximum Gasteiger partial charge on any atom is 0.161 e. The van der Waals surface area contributed by atoms with Crippen molar-refractivity contribution in [1.29, 1.82) is 0 Å². The molecule has 0 amide bonds. The average molecular weight is 235 g/mol. The van der Waals surface area contributed by atoms with Crippen LogP contribution >= 0.6 is 12.4 Å². The molecule has 0 aliphatic rings. The van der Waals surface area contributed by atoms with Crippen LogP contribution in [-0.2, 0) is 0 Å². The van der Waals surface area contributed by atoms with Gasteiger partial charge in [0.1, 0.15) is 12.7 Å². The fourth-order valence-corrected chi connectivity index (χ4v) is 0.977. The molecule has 0 heterocycles. The Morgan fingerprint density at radius 2 is 1.87 bits per heavy atom. The Balaban J connectivity index is 0.00000196. The topological polar surface area (TPSA) is 58.9 Å². The Morgan fingerprint density at radius 3 is 2.40 bits per heavy atom. The monoisotopic (exact) mass is 234 g/mol. The molecule has 0 saturated carbocycles. The predicted octanol–water partition coefficient (Wildman–Crippen LogP) is 0.849. The highest BCUT2D eigenvalue weighted by molar-refractivity contribution is 5.85. The molecule has 1 atom stereocenters. The molecule has 0 fully saturated rings. The Labute approximate surface area is 94.9 Å². The summed E-state index contributed by atoms with van der Waals surface area (Å²) < 4.78 is 10.3. The predicted molar refractivity (Wildman–Crippen MR) is 58.8 cm³/mol. The number of rotatable bonds is 5. The van der Waals surface area contributed by atoms with E-state index in [1.807, 2.05) is 12.1 Å². The zero-order valence-corrected chi connectivity index (χ0v) is 9.24. The lowest BCUT2D eigenvalue weighted by Crippen LogP contribution is -2.21. The minimum atomic E-state index is -0.861. The van der Waals surface area contributed by atoms with Gasteiger partial charge in [0.05, 0.1) is 13.7 Å². The number of aliphatic hydroxyl groups is 2. The van der Waals surface area contributed by atoms with Gasteiger partial charge in [0.25, 0.3) is 0 Å². The van der Waals surface area contributed by atoms with Crippen LogP contribution in [0.3, 0.4) is 0 Å². The number of halogens is 1. The van der Waals surface area contributed by atoms with E-state index >= 15 is 0 Å². The molecule has 4 nitrogen and oxygen atoms in total. The van der Waals surface area contributed by atoms with E-state index in [1.54, 1.807) is 19.2 Å². The van der Waals surface area contributed by atoms with Crippen LogP contribution < -0.4 is 9.47 Å². The van der Waals surface area contributed by atoms with E-state index in [2.05, 4.69) is 0 Å². The summed E-state index contributed by atoms with van der Waals surface area (Å²) in [5.41, 5.74) is 0. The summed E-state index contributed by atoms with van der Waals surface area (Å²) in [7, 11) is 1.55. The second-order valence-corrected chi connectivity index (χ2v) is 2.80. The lowest BCUT2D eigenvalue weighted by atomic mass is 10.3. The van der Waals surface area contributed by atoms with Crippen molar-refractivity contribution in [2.24, 2.45) is 0 Å². The third kappa shape index (κ3) is 4.38. The average Bonchev–Trinajstić information content (AvgIpc) is 2.26. The molecule has 0 bridgehead atoms. The first-order chi connectivity index (χ1) is 6.77. The molecular weight excluding hydrogens is 220 g/mol. The molecule has 15 heavy (non-hydrogen) atoms. The van der Waals surface area contributed by atoms with Gasteiger partial charge in [0.15, 0.2) is 11.5 Å². The fourth-order valence-electron chi connectivity index (χ4n) is 0.977. The van der Waals surface area contributed by atoms with Crippen LogP contribution in [0.2, 0.25) is 0 Å². The molecule has 0 aromatic heterocycles. The molecule has 0 radical (unpaired) electrons. The van der Waals surface area contributed by atoms with E-state index in [0.717, 1.165) is 0 Å². The Morgan fingerprint density at radius 1 is 1.27 bits per heavy atom. The summed E-state index contributed by atoms with van der Waals surface area (Å²) >= 11 is 0. The van der Waals surface area contributed by atoms with Gasteiger partial charge >= 0.3 is 0 Å². The zero-order valence-electron chi connectivity index (χ0n) is 8.42. The van der Waals surface area contributed by atoms with Crippen LogP contribution in [0.15, 0.2) is 24.3 Å². The summed E-state index contributed by atoms with van der Waals surface area (Å²) in [6.07, 6.45) is -0.861. The molecule has 0 aliphatic carbocycles. The second kappa shape index (κ2) is 7.34. The molecule has 0 spiro atoms. The third-order valence-corrected chi connectivity index (χ3v) is 1.71. The molecule has 1 aromatic carbocycles. The molecule has 2 N–H and O–H groups in total. The van der Waals surface area contributed by atoms with Gasteiger partial charge in [0, 0.05) is 0 Å². The summed E-state index contributed by atoms with van der Waals surface area (Å²) in [4.78, 5) is 0. The van der Waals surface area contributed by atoms with E-state index < -0.39 is 6.10 Å². The smallest absolute Gasteiger partial charge is 0.161 e. The van der Waals surface area contributed by atoms with Crippen molar-refractivity contribution < 1.29 is 19.7 Å². The Hall–Kier alpha value is -0.970. The number of aliphatic hydroxyl groups excluding tert-OH is 2. The van der Waals surface area contributed by atoms with Crippen LogP contribution in [0.25, 0.3) is 0 Å². The lowest BCUT2D eigenvalue weighted by Gasteiger charge is -2.12. The van der Waals surface area contributed by atoms with Crippen LogP contribution in [0.4, 0.5) is 0 Å². The fraction of sp³-hybridized carbons (Fsp3) is 0.400. The van der Waals surface area contributed by atoms with E-state index in [9.17, 15) is 0 Å². The summed E-state index contributed by atoms with van der Waals surface area (Å²) in [5.74, 6) is 1.17. The van der Waals surface area contributed by atoms with Gasteiger partial charge in [-0.15, -0.1) is 12.4 Å². The lowest BCUT2D eigenvalue weighted by molar-refractivity contribution is 0.0527. The summed E-state index contributed by atoms with van der Waals surface area (Å²) in [6.45, 7) is -0.258.